The lowest BCUT2D eigenvalue weighted by Gasteiger charge is -2.09. The Balaban J connectivity index is 2.25. The van der Waals surface area contributed by atoms with Crippen LogP contribution in [-0.4, -0.2) is 21.5 Å². The average molecular weight is 203 g/mol. The standard InChI is InChI=1S/C11H13N3O/c12-11(8-15)9-2-4-10(5-3-9)14-7-1-6-13-14/h1-7,11,15H,8,12H2/t11-/m0/s1. The molecule has 0 saturated carbocycles. The van der Waals surface area contributed by atoms with Gasteiger partial charge in [0.25, 0.3) is 0 Å². The molecule has 1 aromatic carbocycles. The van der Waals surface area contributed by atoms with Crippen molar-refractivity contribution in [2.75, 3.05) is 6.61 Å². The number of rotatable bonds is 3. The van der Waals surface area contributed by atoms with Crippen LogP contribution >= 0.6 is 0 Å². The highest BCUT2D eigenvalue weighted by molar-refractivity contribution is 5.34. The molecule has 4 nitrogen and oxygen atoms in total. The summed E-state index contributed by atoms with van der Waals surface area (Å²) < 4.78 is 1.77. The number of aliphatic hydroxyl groups excluding tert-OH is 1. The summed E-state index contributed by atoms with van der Waals surface area (Å²) in [4.78, 5) is 0. The maximum atomic E-state index is 8.90. The SMILES string of the molecule is N[C@@H](CO)c1ccc(-n2cccn2)cc1. The fraction of sp³-hybridized carbons (Fsp3) is 0.182. The normalized spacial score (nSPS) is 12.7. The first-order chi connectivity index (χ1) is 7.31. The fourth-order valence-electron chi connectivity index (χ4n) is 1.40. The molecule has 0 aliphatic rings. The largest absolute Gasteiger partial charge is 0.394 e. The van der Waals surface area contributed by atoms with Gasteiger partial charge in [0.15, 0.2) is 0 Å². The van der Waals surface area contributed by atoms with Gasteiger partial charge in [-0.25, -0.2) is 4.68 Å². The van der Waals surface area contributed by atoms with Gasteiger partial charge >= 0.3 is 0 Å². The first kappa shape index (κ1) is 9.89. The molecule has 78 valence electrons. The van der Waals surface area contributed by atoms with Crippen LogP contribution in [-0.2, 0) is 0 Å². The van der Waals surface area contributed by atoms with E-state index in [-0.39, 0.29) is 12.6 Å². The Morgan fingerprint density at radius 2 is 2.07 bits per heavy atom. The lowest BCUT2D eigenvalue weighted by atomic mass is 10.1. The number of benzene rings is 1. The second kappa shape index (κ2) is 4.25. The van der Waals surface area contributed by atoms with Gasteiger partial charge in [-0.2, -0.15) is 5.10 Å². The van der Waals surface area contributed by atoms with E-state index >= 15 is 0 Å². The molecule has 0 aliphatic carbocycles. The van der Waals surface area contributed by atoms with E-state index in [4.69, 9.17) is 10.8 Å². The molecule has 1 atom stereocenters. The summed E-state index contributed by atoms with van der Waals surface area (Å²) in [5, 5.41) is 13.0. The maximum absolute atomic E-state index is 8.90. The molecule has 0 radical (unpaired) electrons. The van der Waals surface area contributed by atoms with Crippen molar-refractivity contribution in [1.82, 2.24) is 9.78 Å². The highest BCUT2D eigenvalue weighted by Gasteiger charge is 2.03. The third-order valence-corrected chi connectivity index (χ3v) is 2.29. The van der Waals surface area contributed by atoms with Gasteiger partial charge in [-0.1, -0.05) is 12.1 Å². The van der Waals surface area contributed by atoms with Crippen LogP contribution in [0, 0.1) is 0 Å². The number of hydrogen-bond acceptors (Lipinski definition) is 3. The molecule has 2 aromatic rings. The molecule has 0 fully saturated rings. The molecular formula is C11H13N3O. The van der Waals surface area contributed by atoms with Crippen LogP contribution in [0.25, 0.3) is 5.69 Å². The summed E-state index contributed by atoms with van der Waals surface area (Å²) in [6.45, 7) is -0.0406. The van der Waals surface area contributed by atoms with Gasteiger partial charge in [0.05, 0.1) is 18.3 Å². The number of hydrogen-bond donors (Lipinski definition) is 2. The number of aliphatic hydroxyl groups is 1. The highest BCUT2D eigenvalue weighted by Crippen LogP contribution is 2.13. The van der Waals surface area contributed by atoms with E-state index < -0.39 is 0 Å². The van der Waals surface area contributed by atoms with Crippen LogP contribution in [0.2, 0.25) is 0 Å². The molecule has 0 unspecified atom stereocenters. The minimum absolute atomic E-state index is 0.0406. The lowest BCUT2D eigenvalue weighted by Crippen LogP contribution is -2.14. The summed E-state index contributed by atoms with van der Waals surface area (Å²) in [7, 11) is 0. The van der Waals surface area contributed by atoms with Crippen molar-refractivity contribution in [2.24, 2.45) is 5.73 Å². The first-order valence-corrected chi connectivity index (χ1v) is 4.77. The quantitative estimate of drug-likeness (QED) is 0.777. The summed E-state index contributed by atoms with van der Waals surface area (Å²) in [5.41, 5.74) is 7.60. The number of nitrogens with zero attached hydrogens (tertiary/aromatic N) is 2. The van der Waals surface area contributed by atoms with Gasteiger partial charge in [-0.15, -0.1) is 0 Å². The van der Waals surface area contributed by atoms with Crippen LogP contribution in [0.1, 0.15) is 11.6 Å². The maximum Gasteiger partial charge on any atom is 0.0645 e. The molecule has 0 aliphatic heterocycles. The molecule has 2 rings (SSSR count). The molecule has 3 N–H and O–H groups in total. The molecule has 0 bridgehead atoms. The molecule has 1 aromatic heterocycles. The third kappa shape index (κ3) is 2.06. The third-order valence-electron chi connectivity index (χ3n) is 2.29. The zero-order valence-corrected chi connectivity index (χ0v) is 8.24. The zero-order chi connectivity index (χ0) is 10.7. The Morgan fingerprint density at radius 1 is 1.33 bits per heavy atom. The van der Waals surface area contributed by atoms with Crippen molar-refractivity contribution >= 4 is 0 Å². The van der Waals surface area contributed by atoms with E-state index in [0.717, 1.165) is 11.3 Å². The van der Waals surface area contributed by atoms with Crippen molar-refractivity contribution in [1.29, 1.82) is 0 Å². The van der Waals surface area contributed by atoms with Gasteiger partial charge in [0.1, 0.15) is 0 Å². The van der Waals surface area contributed by atoms with Crippen LogP contribution in [0.5, 0.6) is 0 Å². The van der Waals surface area contributed by atoms with E-state index in [1.54, 1.807) is 10.9 Å². The lowest BCUT2D eigenvalue weighted by molar-refractivity contribution is 0.268. The Hall–Kier alpha value is -1.65. The first-order valence-electron chi connectivity index (χ1n) is 4.77. The van der Waals surface area contributed by atoms with Crippen LogP contribution in [0.4, 0.5) is 0 Å². The van der Waals surface area contributed by atoms with Crippen molar-refractivity contribution in [3.05, 3.63) is 48.3 Å². The summed E-state index contributed by atoms with van der Waals surface area (Å²) >= 11 is 0. The van der Waals surface area contributed by atoms with Gasteiger partial charge in [0.2, 0.25) is 0 Å². The van der Waals surface area contributed by atoms with Gasteiger partial charge in [-0.3, -0.25) is 0 Å². The molecule has 4 heteroatoms. The zero-order valence-electron chi connectivity index (χ0n) is 8.24. The molecule has 0 amide bonds. The van der Waals surface area contributed by atoms with Crippen molar-refractivity contribution in [2.45, 2.75) is 6.04 Å². The molecule has 0 saturated heterocycles. The predicted molar refractivity (Wildman–Crippen MR) is 57.6 cm³/mol. The molecule has 1 heterocycles. The minimum atomic E-state index is -0.309. The van der Waals surface area contributed by atoms with Crippen LogP contribution < -0.4 is 5.73 Å². The van der Waals surface area contributed by atoms with E-state index in [9.17, 15) is 0 Å². The number of aromatic nitrogens is 2. The summed E-state index contributed by atoms with van der Waals surface area (Å²) in [6.07, 6.45) is 3.61. The molecule has 0 spiro atoms. The average Bonchev–Trinajstić information content (AvgIpc) is 2.82. The monoisotopic (exact) mass is 203 g/mol. The Bertz CT molecular complexity index is 408. The second-order valence-electron chi connectivity index (χ2n) is 3.33. The van der Waals surface area contributed by atoms with E-state index in [0.29, 0.717) is 0 Å². The van der Waals surface area contributed by atoms with Gasteiger partial charge < -0.3 is 10.8 Å². The summed E-state index contributed by atoms with van der Waals surface area (Å²) in [5.74, 6) is 0. The topological polar surface area (TPSA) is 64.1 Å². The highest BCUT2D eigenvalue weighted by atomic mass is 16.3. The van der Waals surface area contributed by atoms with Gasteiger partial charge in [0, 0.05) is 12.4 Å². The molecular weight excluding hydrogens is 190 g/mol. The van der Waals surface area contributed by atoms with Crippen molar-refractivity contribution < 1.29 is 5.11 Å². The second-order valence-corrected chi connectivity index (χ2v) is 3.33. The van der Waals surface area contributed by atoms with Crippen molar-refractivity contribution in [3.8, 4) is 5.69 Å². The Labute approximate surface area is 88.0 Å². The van der Waals surface area contributed by atoms with Crippen LogP contribution in [0.15, 0.2) is 42.7 Å². The van der Waals surface area contributed by atoms with Crippen LogP contribution in [0.3, 0.4) is 0 Å². The Morgan fingerprint density at radius 3 is 2.60 bits per heavy atom. The fourth-order valence-corrected chi connectivity index (χ4v) is 1.40. The van der Waals surface area contributed by atoms with E-state index in [1.807, 2.05) is 36.5 Å². The van der Waals surface area contributed by atoms with E-state index in [2.05, 4.69) is 5.10 Å². The van der Waals surface area contributed by atoms with Crippen molar-refractivity contribution in [3.63, 3.8) is 0 Å². The minimum Gasteiger partial charge on any atom is -0.394 e. The van der Waals surface area contributed by atoms with Gasteiger partial charge in [-0.05, 0) is 23.8 Å². The van der Waals surface area contributed by atoms with E-state index in [1.165, 1.54) is 0 Å². The summed E-state index contributed by atoms with van der Waals surface area (Å²) in [6, 6.07) is 9.22. The Kier molecular flexibility index (Phi) is 2.80. The predicted octanol–water partition coefficient (Wildman–Crippen LogP) is 0.864. The number of nitrogens with two attached hydrogens (primary N) is 1. The smallest absolute Gasteiger partial charge is 0.0645 e. The molecule has 15 heavy (non-hydrogen) atoms.